The molecule has 3 amide bonds. The molecule has 1 aliphatic carbocycles. The van der Waals surface area contributed by atoms with Crippen molar-refractivity contribution in [2.75, 3.05) is 49.5 Å². The maximum Gasteiger partial charge on any atom is 0.416 e. The number of nitrogens with zero attached hydrogens (tertiary/aromatic N) is 9. The van der Waals surface area contributed by atoms with Crippen LogP contribution in [-0.2, 0) is 28.7 Å². The quantitative estimate of drug-likeness (QED) is 0.246. The smallest absolute Gasteiger partial charge is 0.416 e. The molecule has 2 aliphatic heterocycles. The Balaban J connectivity index is 1.19. The van der Waals surface area contributed by atoms with Gasteiger partial charge in [0.05, 0.1) is 27.7 Å². The number of amides is 3. The molecule has 3 aliphatic rings. The topological polar surface area (TPSA) is 180 Å². The molecule has 0 atom stereocenters. The third-order valence-corrected chi connectivity index (χ3v) is 11.2. The molecule has 0 bridgehead atoms. The van der Waals surface area contributed by atoms with Gasteiger partial charge in [-0.05, 0) is 82.6 Å². The van der Waals surface area contributed by atoms with Crippen molar-refractivity contribution in [3.8, 4) is 5.75 Å². The molecule has 0 saturated carbocycles. The molecule has 5 heterocycles. The van der Waals surface area contributed by atoms with E-state index in [2.05, 4.69) is 26.5 Å². The fourth-order valence-corrected chi connectivity index (χ4v) is 7.97. The Hall–Kier alpha value is -5.72. The van der Waals surface area contributed by atoms with Crippen LogP contribution in [0.5, 0.6) is 5.75 Å². The van der Waals surface area contributed by atoms with Gasteiger partial charge in [-0.25, -0.2) is 14.8 Å². The summed E-state index contributed by atoms with van der Waals surface area (Å²) in [5, 5.41) is 17.4. The molecule has 1 aromatic carbocycles. The van der Waals surface area contributed by atoms with Crippen LogP contribution in [-0.4, -0.2) is 107 Å². The van der Waals surface area contributed by atoms with Crippen molar-refractivity contribution < 1.29 is 37.4 Å². The van der Waals surface area contributed by atoms with Gasteiger partial charge in [0, 0.05) is 39.3 Å². The van der Waals surface area contributed by atoms with Crippen LogP contribution < -0.4 is 15.8 Å². The number of nitrogens with one attached hydrogen (secondary N) is 1. The first kappa shape index (κ1) is 41.4. The SMILES string of the molecule is CCc1c(N2CCN(C(=O)c3ncnc(C)c3O)CC2)c(=O)n2nc(C3=CC4(CCN(C(=O)OC(C)(C)C)CC4)C3)nc2n1CC(=O)Nc1ccc(C(F)(F)F)cc1Cl. The lowest BCUT2D eigenvalue weighted by Gasteiger charge is -2.45. The monoisotopic (exact) mass is 840 g/mol. The average Bonchev–Trinajstić information content (AvgIpc) is 3.61. The number of carbonyl (C=O) groups excluding carboxylic acids is 3. The predicted molar refractivity (Wildman–Crippen MR) is 210 cm³/mol. The lowest BCUT2D eigenvalue weighted by atomic mass is 9.65. The first-order valence-electron chi connectivity index (χ1n) is 19.2. The molecule has 20 heteroatoms. The number of fused-ring (bicyclic) bond motifs is 1. The van der Waals surface area contributed by atoms with E-state index in [0.717, 1.165) is 28.3 Å². The number of piperidine rings is 1. The van der Waals surface area contributed by atoms with Crippen LogP contribution in [0.2, 0.25) is 5.02 Å². The Bertz CT molecular complexity index is 2430. The number of anilines is 2. The number of alkyl halides is 3. The van der Waals surface area contributed by atoms with E-state index >= 15 is 0 Å². The lowest BCUT2D eigenvalue weighted by molar-refractivity contribution is -0.137. The molecule has 16 nitrogen and oxygen atoms in total. The van der Waals surface area contributed by atoms with Crippen LogP contribution in [0.25, 0.3) is 11.4 Å². The number of aromatic nitrogens is 6. The van der Waals surface area contributed by atoms with E-state index in [4.69, 9.17) is 21.3 Å². The number of hydrogen-bond acceptors (Lipinski definition) is 11. The van der Waals surface area contributed by atoms with E-state index in [-0.39, 0.29) is 83.4 Å². The second-order valence-corrected chi connectivity index (χ2v) is 16.4. The maximum atomic E-state index is 14.4. The number of ether oxygens (including phenoxy) is 1. The number of benzene rings is 1. The van der Waals surface area contributed by atoms with Crippen molar-refractivity contribution in [3.63, 3.8) is 0 Å². The minimum atomic E-state index is -4.63. The van der Waals surface area contributed by atoms with Gasteiger partial charge in [0.15, 0.2) is 17.3 Å². The summed E-state index contributed by atoms with van der Waals surface area (Å²) in [5.74, 6) is -1.05. The molecule has 1 spiro atoms. The van der Waals surface area contributed by atoms with Gasteiger partial charge in [-0.1, -0.05) is 24.6 Å². The largest absolute Gasteiger partial charge is 0.504 e. The van der Waals surface area contributed by atoms with E-state index in [0.29, 0.717) is 43.9 Å². The zero-order chi connectivity index (χ0) is 42.6. The number of aromatic hydroxyl groups is 1. The average molecular weight is 841 g/mol. The number of carbonyl (C=O) groups is 3. The van der Waals surface area contributed by atoms with Crippen LogP contribution in [0, 0.1) is 12.3 Å². The Morgan fingerprint density at radius 3 is 2.31 bits per heavy atom. The summed E-state index contributed by atoms with van der Waals surface area (Å²) in [6, 6.07) is 2.62. The number of halogens is 4. The van der Waals surface area contributed by atoms with Gasteiger partial charge >= 0.3 is 12.3 Å². The van der Waals surface area contributed by atoms with Gasteiger partial charge in [-0.3, -0.25) is 14.4 Å². The fraction of sp³-hybridized carbons (Fsp3) is 0.487. The minimum absolute atomic E-state index is 0.0319. The number of likely N-dealkylation sites (tertiary alicyclic amines) is 1. The Morgan fingerprint density at radius 2 is 1.69 bits per heavy atom. The molecular weight excluding hydrogens is 797 g/mol. The third kappa shape index (κ3) is 8.29. The fourth-order valence-electron chi connectivity index (χ4n) is 7.74. The zero-order valence-electron chi connectivity index (χ0n) is 33.2. The molecule has 0 unspecified atom stereocenters. The Morgan fingerprint density at radius 1 is 1.02 bits per heavy atom. The number of piperazine rings is 1. The van der Waals surface area contributed by atoms with Gasteiger partial charge in [0.25, 0.3) is 11.5 Å². The molecule has 4 aromatic rings. The normalized spacial score (nSPS) is 16.9. The summed E-state index contributed by atoms with van der Waals surface area (Å²) in [6.07, 6.45) is 0.584. The molecule has 2 fully saturated rings. The van der Waals surface area contributed by atoms with E-state index in [9.17, 15) is 37.5 Å². The molecule has 2 saturated heterocycles. The van der Waals surface area contributed by atoms with Crippen molar-refractivity contribution in [2.24, 2.45) is 5.41 Å². The molecule has 7 rings (SSSR count). The van der Waals surface area contributed by atoms with E-state index in [1.165, 1.54) is 11.2 Å². The van der Waals surface area contributed by atoms with Gasteiger partial charge in [0.2, 0.25) is 11.7 Å². The van der Waals surface area contributed by atoms with Crippen LogP contribution >= 0.6 is 11.6 Å². The van der Waals surface area contributed by atoms with Crippen molar-refractivity contribution >= 4 is 52.2 Å². The highest BCUT2D eigenvalue weighted by atomic mass is 35.5. The number of aryl methyl sites for hydroxylation is 1. The summed E-state index contributed by atoms with van der Waals surface area (Å²) >= 11 is 6.17. The van der Waals surface area contributed by atoms with E-state index < -0.39 is 41.3 Å². The van der Waals surface area contributed by atoms with E-state index in [1.54, 1.807) is 16.4 Å². The van der Waals surface area contributed by atoms with Gasteiger partial charge in [-0.15, -0.1) is 5.10 Å². The zero-order valence-corrected chi connectivity index (χ0v) is 33.9. The molecule has 3 aromatic heterocycles. The molecule has 2 N–H and O–H groups in total. The summed E-state index contributed by atoms with van der Waals surface area (Å²) in [6.45, 7) is 10.3. The highest BCUT2D eigenvalue weighted by Crippen LogP contribution is 2.50. The van der Waals surface area contributed by atoms with Crippen molar-refractivity contribution in [2.45, 2.75) is 78.6 Å². The summed E-state index contributed by atoms with van der Waals surface area (Å²) in [5.41, 5.74) is -0.630. The highest BCUT2D eigenvalue weighted by molar-refractivity contribution is 6.33. The van der Waals surface area contributed by atoms with Crippen molar-refractivity contribution in [3.05, 3.63) is 74.4 Å². The molecular formula is C39H44ClF3N10O6. The summed E-state index contributed by atoms with van der Waals surface area (Å²) in [4.78, 5) is 71.8. The second-order valence-electron chi connectivity index (χ2n) is 16.0. The minimum Gasteiger partial charge on any atom is -0.504 e. The first-order valence-corrected chi connectivity index (χ1v) is 19.6. The van der Waals surface area contributed by atoms with Crippen molar-refractivity contribution in [1.82, 2.24) is 38.9 Å². The molecule has 59 heavy (non-hydrogen) atoms. The number of rotatable bonds is 7. The van der Waals surface area contributed by atoms with E-state index in [1.807, 2.05) is 32.6 Å². The van der Waals surface area contributed by atoms with Crippen LogP contribution in [0.4, 0.5) is 29.3 Å². The standard InChI is InChI=1S/C39H44ClF3N10O6/c1-6-27-30(49-13-15-50(16-14-49)33(56)29-31(55)22(2)44-21-45-29)34(57)53-35(52(27)20-28(54)46-26-8-7-24(17-25(26)40)39(41,42)43)47-32(48-53)23-18-38(19-23)9-11-51(12-10-38)36(58)59-37(3,4)5/h7-8,17-18,21,55H,6,9-16,19-20H2,1-5H3,(H,46,54). The second kappa shape index (κ2) is 15.5. The Kier molecular flexibility index (Phi) is 10.9. The third-order valence-electron chi connectivity index (χ3n) is 10.8. The van der Waals surface area contributed by atoms with Crippen LogP contribution in [0.15, 0.2) is 35.4 Å². The summed E-state index contributed by atoms with van der Waals surface area (Å²) < 4.78 is 48.2. The number of allylic oxidation sites excluding steroid dienone is 2. The van der Waals surface area contributed by atoms with Crippen molar-refractivity contribution in [1.29, 1.82) is 0 Å². The Labute approximate surface area is 341 Å². The highest BCUT2D eigenvalue weighted by Gasteiger charge is 2.43. The lowest BCUT2D eigenvalue weighted by Crippen LogP contribution is -2.51. The predicted octanol–water partition coefficient (Wildman–Crippen LogP) is 5.34. The van der Waals surface area contributed by atoms with Gasteiger partial charge < -0.3 is 34.4 Å². The summed E-state index contributed by atoms with van der Waals surface area (Å²) in [7, 11) is 0. The van der Waals surface area contributed by atoms with Crippen LogP contribution in [0.3, 0.4) is 0 Å². The molecule has 314 valence electrons. The van der Waals surface area contributed by atoms with Crippen LogP contribution in [0.1, 0.15) is 80.2 Å². The molecule has 0 radical (unpaired) electrons. The maximum absolute atomic E-state index is 14.4. The first-order chi connectivity index (χ1) is 27.8. The van der Waals surface area contributed by atoms with Gasteiger partial charge in [-0.2, -0.15) is 22.7 Å². The van der Waals surface area contributed by atoms with Gasteiger partial charge in [0.1, 0.15) is 24.2 Å². The number of hydrogen-bond donors (Lipinski definition) is 2.